The third-order valence-electron chi connectivity index (χ3n) is 4.44. The number of nitrogens with one attached hydrogen (secondary N) is 1. The first-order valence-corrected chi connectivity index (χ1v) is 9.58. The van der Waals surface area contributed by atoms with Gasteiger partial charge in [-0.05, 0) is 37.1 Å². The zero-order valence-electron chi connectivity index (χ0n) is 13.9. The van der Waals surface area contributed by atoms with Crippen LogP contribution in [0.1, 0.15) is 12.8 Å². The molecule has 0 unspecified atom stereocenters. The molecule has 26 heavy (non-hydrogen) atoms. The van der Waals surface area contributed by atoms with Gasteiger partial charge in [-0.3, -0.25) is 10.0 Å². The molecule has 1 saturated heterocycles. The predicted molar refractivity (Wildman–Crippen MR) is 92.9 cm³/mol. The molecule has 0 spiro atoms. The SMILES string of the molecule is O=C(NO)C1(S(=O)(=O)c2ccccc2Oc2ccccc2)CCOCC1. The molecule has 138 valence electrons. The summed E-state index contributed by atoms with van der Waals surface area (Å²) in [4.78, 5) is 12.2. The number of carbonyl (C=O) groups is 1. The molecule has 8 heteroatoms. The standard InChI is InChI=1S/C18H19NO6S/c20-17(19-21)18(10-12-24-13-11-18)26(22,23)16-9-5-4-8-15(16)25-14-6-2-1-3-7-14/h1-9,21H,10-13H2,(H,19,20). The lowest BCUT2D eigenvalue weighted by atomic mass is 9.98. The number of rotatable bonds is 5. The highest BCUT2D eigenvalue weighted by molar-refractivity contribution is 7.93. The molecule has 0 bridgehead atoms. The fourth-order valence-electron chi connectivity index (χ4n) is 3.00. The van der Waals surface area contributed by atoms with Gasteiger partial charge in [-0.15, -0.1) is 0 Å². The Kier molecular flexibility index (Phi) is 5.26. The lowest BCUT2D eigenvalue weighted by Gasteiger charge is -2.34. The molecule has 2 N–H and O–H groups in total. The Morgan fingerprint density at radius 2 is 1.65 bits per heavy atom. The van der Waals surface area contributed by atoms with E-state index in [0.717, 1.165) is 0 Å². The van der Waals surface area contributed by atoms with Crippen LogP contribution >= 0.6 is 0 Å². The van der Waals surface area contributed by atoms with Gasteiger partial charge in [0.15, 0.2) is 14.6 Å². The summed E-state index contributed by atoms with van der Waals surface area (Å²) in [6, 6.07) is 14.9. The van der Waals surface area contributed by atoms with Gasteiger partial charge in [0.25, 0.3) is 5.91 Å². The predicted octanol–water partition coefficient (Wildman–Crippen LogP) is 2.31. The van der Waals surface area contributed by atoms with Crippen molar-refractivity contribution in [2.75, 3.05) is 13.2 Å². The molecule has 1 amide bonds. The summed E-state index contributed by atoms with van der Waals surface area (Å²) >= 11 is 0. The zero-order valence-corrected chi connectivity index (χ0v) is 14.7. The second kappa shape index (κ2) is 7.45. The van der Waals surface area contributed by atoms with E-state index < -0.39 is 20.5 Å². The number of hydroxylamine groups is 1. The van der Waals surface area contributed by atoms with Crippen LogP contribution in [-0.2, 0) is 19.4 Å². The normalized spacial score (nSPS) is 16.7. The van der Waals surface area contributed by atoms with Gasteiger partial charge in [0.2, 0.25) is 0 Å². The van der Waals surface area contributed by atoms with Gasteiger partial charge in [-0.25, -0.2) is 13.9 Å². The van der Waals surface area contributed by atoms with Crippen molar-refractivity contribution in [2.24, 2.45) is 0 Å². The molecule has 2 aromatic carbocycles. The second-order valence-electron chi connectivity index (χ2n) is 5.91. The van der Waals surface area contributed by atoms with Gasteiger partial charge >= 0.3 is 0 Å². The van der Waals surface area contributed by atoms with Gasteiger partial charge in [0, 0.05) is 13.2 Å². The van der Waals surface area contributed by atoms with Crippen molar-refractivity contribution in [3.63, 3.8) is 0 Å². The summed E-state index contributed by atoms with van der Waals surface area (Å²) in [5, 5.41) is 9.13. The minimum atomic E-state index is -4.16. The van der Waals surface area contributed by atoms with Crippen LogP contribution in [-0.4, -0.2) is 37.5 Å². The average Bonchev–Trinajstić information content (AvgIpc) is 2.69. The van der Waals surface area contributed by atoms with Gasteiger partial charge in [0.1, 0.15) is 16.4 Å². The smallest absolute Gasteiger partial charge is 0.265 e. The summed E-state index contributed by atoms with van der Waals surface area (Å²) < 4.78 is 36.0. The van der Waals surface area contributed by atoms with E-state index in [2.05, 4.69) is 0 Å². The largest absolute Gasteiger partial charge is 0.456 e. The molecule has 0 aromatic heterocycles. The molecule has 7 nitrogen and oxygen atoms in total. The number of ether oxygens (including phenoxy) is 2. The number of para-hydroxylation sites is 2. The summed E-state index contributed by atoms with van der Waals surface area (Å²) in [6.07, 6.45) is -0.108. The highest BCUT2D eigenvalue weighted by Crippen LogP contribution is 2.39. The van der Waals surface area contributed by atoms with Crippen LogP contribution in [0.2, 0.25) is 0 Å². The van der Waals surface area contributed by atoms with Crippen molar-refractivity contribution in [1.82, 2.24) is 5.48 Å². The summed E-state index contributed by atoms with van der Waals surface area (Å²) in [6.45, 7) is 0.211. The zero-order chi connectivity index (χ0) is 18.6. The molecule has 3 rings (SSSR count). The van der Waals surface area contributed by atoms with Crippen LogP contribution in [0.5, 0.6) is 11.5 Å². The monoisotopic (exact) mass is 377 g/mol. The van der Waals surface area contributed by atoms with Crippen molar-refractivity contribution in [3.8, 4) is 11.5 Å². The molecule has 1 fully saturated rings. The number of amides is 1. The number of carbonyl (C=O) groups excluding carboxylic acids is 1. The molecule has 0 saturated carbocycles. The van der Waals surface area contributed by atoms with E-state index in [-0.39, 0.29) is 36.7 Å². The highest BCUT2D eigenvalue weighted by atomic mass is 32.2. The van der Waals surface area contributed by atoms with E-state index in [1.807, 2.05) is 6.07 Å². The lowest BCUT2D eigenvalue weighted by molar-refractivity contribution is -0.134. The Morgan fingerprint density at radius 1 is 1.04 bits per heavy atom. The van der Waals surface area contributed by atoms with Crippen LogP contribution in [0.15, 0.2) is 59.5 Å². The molecule has 1 heterocycles. The van der Waals surface area contributed by atoms with Crippen LogP contribution < -0.4 is 10.2 Å². The average molecular weight is 377 g/mol. The molecule has 0 aliphatic carbocycles. The lowest BCUT2D eigenvalue weighted by Crippen LogP contribution is -2.54. The van der Waals surface area contributed by atoms with Crippen molar-refractivity contribution >= 4 is 15.7 Å². The van der Waals surface area contributed by atoms with E-state index >= 15 is 0 Å². The third kappa shape index (κ3) is 3.18. The maximum atomic E-state index is 13.4. The van der Waals surface area contributed by atoms with Crippen LogP contribution in [0.25, 0.3) is 0 Å². The van der Waals surface area contributed by atoms with Crippen molar-refractivity contribution < 1.29 is 27.9 Å². The second-order valence-corrected chi connectivity index (χ2v) is 8.14. The fraction of sp³-hybridized carbons (Fsp3) is 0.278. The van der Waals surface area contributed by atoms with E-state index in [1.54, 1.807) is 36.4 Å². The summed E-state index contributed by atoms with van der Waals surface area (Å²) in [5.41, 5.74) is 1.51. The number of hydrogen-bond donors (Lipinski definition) is 2. The van der Waals surface area contributed by atoms with Gasteiger partial charge in [0.05, 0.1) is 0 Å². The summed E-state index contributed by atoms with van der Waals surface area (Å²) in [5.74, 6) is -0.367. The molecule has 1 aliphatic rings. The van der Waals surface area contributed by atoms with Gasteiger partial charge in [-0.2, -0.15) is 0 Å². The van der Waals surface area contributed by atoms with Crippen LogP contribution in [0.3, 0.4) is 0 Å². The quantitative estimate of drug-likeness (QED) is 0.612. The Morgan fingerprint density at radius 3 is 2.31 bits per heavy atom. The molecule has 0 radical (unpaired) electrons. The van der Waals surface area contributed by atoms with Crippen molar-refractivity contribution in [1.29, 1.82) is 0 Å². The molecule has 1 aliphatic heterocycles. The van der Waals surface area contributed by atoms with E-state index in [4.69, 9.17) is 14.7 Å². The maximum Gasteiger partial charge on any atom is 0.265 e. The first kappa shape index (κ1) is 18.4. The van der Waals surface area contributed by atoms with Crippen molar-refractivity contribution in [2.45, 2.75) is 22.5 Å². The minimum absolute atomic E-state index is 0.0542. The Bertz CT molecular complexity index is 876. The fourth-order valence-corrected chi connectivity index (χ4v) is 5.05. The topological polar surface area (TPSA) is 102 Å². The van der Waals surface area contributed by atoms with Crippen LogP contribution in [0, 0.1) is 0 Å². The molecule has 0 atom stereocenters. The van der Waals surface area contributed by atoms with Gasteiger partial charge in [-0.1, -0.05) is 30.3 Å². The maximum absolute atomic E-state index is 13.4. The van der Waals surface area contributed by atoms with Crippen LogP contribution in [0.4, 0.5) is 0 Å². The third-order valence-corrected chi connectivity index (χ3v) is 6.98. The van der Waals surface area contributed by atoms with E-state index in [1.165, 1.54) is 17.6 Å². The molecule has 2 aromatic rings. The first-order chi connectivity index (χ1) is 12.5. The first-order valence-electron chi connectivity index (χ1n) is 8.10. The Balaban J connectivity index is 2.08. The number of sulfone groups is 1. The van der Waals surface area contributed by atoms with Crippen molar-refractivity contribution in [3.05, 3.63) is 54.6 Å². The number of benzene rings is 2. The Hall–Kier alpha value is -2.42. The molecular formula is C18H19NO6S. The Labute approximate surface area is 151 Å². The van der Waals surface area contributed by atoms with Gasteiger partial charge < -0.3 is 9.47 Å². The minimum Gasteiger partial charge on any atom is -0.456 e. The number of hydrogen-bond acceptors (Lipinski definition) is 6. The van der Waals surface area contributed by atoms with E-state index in [9.17, 15) is 13.2 Å². The van der Waals surface area contributed by atoms with E-state index in [0.29, 0.717) is 5.75 Å². The highest BCUT2D eigenvalue weighted by Gasteiger charge is 2.53. The molecular weight excluding hydrogens is 358 g/mol. The summed E-state index contributed by atoms with van der Waals surface area (Å²) in [7, 11) is -4.16.